The summed E-state index contributed by atoms with van der Waals surface area (Å²) in [6.45, 7) is 0.816. The summed E-state index contributed by atoms with van der Waals surface area (Å²) in [5.41, 5.74) is 7.32. The van der Waals surface area contributed by atoms with Crippen molar-refractivity contribution in [1.29, 1.82) is 0 Å². The van der Waals surface area contributed by atoms with E-state index in [0.29, 0.717) is 0 Å². The minimum atomic E-state index is 0.816. The van der Waals surface area contributed by atoms with E-state index in [4.69, 9.17) is 0 Å². The summed E-state index contributed by atoms with van der Waals surface area (Å²) in [7, 11) is 8.28. The molecule has 0 heterocycles. The molecule has 0 amide bonds. The van der Waals surface area contributed by atoms with Gasteiger partial charge in [-0.1, -0.05) is 78.9 Å². The molecule has 0 aliphatic carbocycles. The molecule has 0 saturated heterocycles. The van der Waals surface area contributed by atoms with Crippen LogP contribution in [0.25, 0.3) is 11.8 Å². The normalized spacial score (nSPS) is 10.5. The third kappa shape index (κ3) is 5.68. The lowest BCUT2D eigenvalue weighted by atomic mass is 9.95. The lowest BCUT2D eigenvalue weighted by Gasteiger charge is -2.16. The van der Waals surface area contributed by atoms with Crippen LogP contribution in [0.15, 0.2) is 103 Å². The van der Waals surface area contributed by atoms with E-state index in [9.17, 15) is 0 Å². The molecular formula is C31H33N3. The van der Waals surface area contributed by atoms with Crippen molar-refractivity contribution in [3.63, 3.8) is 0 Å². The van der Waals surface area contributed by atoms with Crippen molar-refractivity contribution in [2.75, 3.05) is 38.0 Å². The summed E-state index contributed by atoms with van der Waals surface area (Å²) in [6, 6.07) is 36.8. The van der Waals surface area contributed by atoms with Crippen LogP contribution in [0.4, 0.5) is 11.4 Å². The first-order chi connectivity index (χ1) is 16.5. The molecule has 0 unspecified atom stereocenters. The highest BCUT2D eigenvalue weighted by molar-refractivity contribution is 5.80. The van der Waals surface area contributed by atoms with E-state index in [1.807, 2.05) is 6.07 Å². The van der Waals surface area contributed by atoms with Crippen molar-refractivity contribution in [3.8, 4) is 0 Å². The van der Waals surface area contributed by atoms with Gasteiger partial charge in [-0.15, -0.1) is 0 Å². The molecule has 34 heavy (non-hydrogen) atoms. The first-order valence-electron chi connectivity index (χ1n) is 11.6. The van der Waals surface area contributed by atoms with Crippen LogP contribution in [-0.4, -0.2) is 28.2 Å². The number of anilines is 2. The van der Waals surface area contributed by atoms with Crippen LogP contribution in [-0.2, 0) is 6.54 Å². The van der Waals surface area contributed by atoms with Gasteiger partial charge in [-0.25, -0.2) is 0 Å². The van der Waals surface area contributed by atoms with Crippen molar-refractivity contribution < 1.29 is 0 Å². The van der Waals surface area contributed by atoms with Crippen LogP contribution in [0.2, 0.25) is 0 Å². The molecule has 4 rings (SSSR count). The van der Waals surface area contributed by atoms with E-state index >= 15 is 0 Å². The molecule has 172 valence electrons. The van der Waals surface area contributed by atoms with Gasteiger partial charge < -0.3 is 15.1 Å². The maximum atomic E-state index is 3.42. The average molecular weight is 448 g/mol. The van der Waals surface area contributed by atoms with Crippen molar-refractivity contribution >= 4 is 23.1 Å². The van der Waals surface area contributed by atoms with Crippen molar-refractivity contribution in [1.82, 2.24) is 5.32 Å². The zero-order valence-electron chi connectivity index (χ0n) is 20.5. The Kier molecular flexibility index (Phi) is 7.34. The van der Waals surface area contributed by atoms with Crippen molar-refractivity contribution in [2.45, 2.75) is 6.54 Å². The minimum Gasteiger partial charge on any atom is -0.386 e. The lowest BCUT2D eigenvalue weighted by molar-refractivity contribution is 0.911. The van der Waals surface area contributed by atoms with Gasteiger partial charge in [0.25, 0.3) is 0 Å². The summed E-state index contributed by atoms with van der Waals surface area (Å²) in [6.07, 6.45) is 2.08. The fraction of sp³-hybridized carbons (Fsp3) is 0.161. The molecule has 0 bridgehead atoms. The van der Waals surface area contributed by atoms with Gasteiger partial charge in [-0.2, -0.15) is 0 Å². The first-order valence-corrected chi connectivity index (χ1v) is 11.6. The quantitative estimate of drug-likeness (QED) is 0.447. The summed E-state index contributed by atoms with van der Waals surface area (Å²) < 4.78 is 0. The fourth-order valence-electron chi connectivity index (χ4n) is 3.98. The maximum absolute atomic E-state index is 3.42. The highest BCUT2D eigenvalue weighted by atomic mass is 15.1. The molecule has 4 aromatic carbocycles. The monoisotopic (exact) mass is 447 g/mol. The Hall–Kier alpha value is -3.98. The lowest BCUT2D eigenvalue weighted by Crippen LogP contribution is -2.16. The number of nitrogens with one attached hydrogen (secondary N) is 1. The molecule has 3 heteroatoms. The van der Waals surface area contributed by atoms with Gasteiger partial charge in [0.05, 0.1) is 0 Å². The standard InChI is InChI=1S/C31H33N3/c1-33(2)29-18-14-27(15-19-29)31(28-16-20-30(21-17-28)34(3)4)26-12-10-25(11-13-26)23-32-22-24-8-6-5-7-9-24/h5-21,23,32H,22H2,1-4H3. The number of hydrogen-bond acceptors (Lipinski definition) is 3. The third-order valence-corrected chi connectivity index (χ3v) is 5.96. The van der Waals surface area contributed by atoms with E-state index < -0.39 is 0 Å². The maximum Gasteiger partial charge on any atom is 0.0395 e. The summed E-state index contributed by atoms with van der Waals surface area (Å²) in [4.78, 5) is 4.25. The Morgan fingerprint density at radius 1 is 0.618 bits per heavy atom. The molecule has 0 radical (unpaired) electrons. The molecule has 0 aliphatic rings. The van der Waals surface area contributed by atoms with E-state index in [0.717, 1.165) is 11.8 Å². The number of hydrogen-bond donors (Lipinski definition) is 1. The van der Waals surface area contributed by atoms with Crippen LogP contribution < -0.4 is 25.6 Å². The van der Waals surface area contributed by atoms with Gasteiger partial charge in [-0.05, 0) is 57.0 Å². The highest BCUT2D eigenvalue weighted by Gasteiger charge is 2.08. The summed E-state index contributed by atoms with van der Waals surface area (Å²) in [5, 5.41) is 5.78. The molecule has 0 aliphatic heterocycles. The minimum absolute atomic E-state index is 0.816. The van der Waals surface area contributed by atoms with Crippen LogP contribution in [0.1, 0.15) is 16.7 Å². The third-order valence-electron chi connectivity index (χ3n) is 5.96. The second kappa shape index (κ2) is 10.8. The van der Waals surface area contributed by atoms with Gasteiger partial charge in [0, 0.05) is 52.3 Å². The Morgan fingerprint density at radius 3 is 1.59 bits per heavy atom. The molecule has 0 atom stereocenters. The Bertz CT molecular complexity index is 1240. The predicted octanol–water partition coefficient (Wildman–Crippen LogP) is 4.59. The second-order valence-electron chi connectivity index (χ2n) is 8.89. The molecular weight excluding hydrogens is 414 g/mol. The number of rotatable bonds is 7. The van der Waals surface area contributed by atoms with Gasteiger partial charge >= 0.3 is 0 Å². The molecule has 1 N–H and O–H groups in total. The summed E-state index contributed by atoms with van der Waals surface area (Å²) in [5.74, 6) is 0. The Morgan fingerprint density at radius 2 is 1.12 bits per heavy atom. The van der Waals surface area contributed by atoms with E-state index in [1.54, 1.807) is 0 Å². The zero-order valence-corrected chi connectivity index (χ0v) is 20.5. The molecule has 0 spiro atoms. The largest absolute Gasteiger partial charge is 0.386 e. The summed E-state index contributed by atoms with van der Waals surface area (Å²) >= 11 is 0. The second-order valence-corrected chi connectivity index (χ2v) is 8.89. The Labute approximate surface area is 203 Å². The first kappa shape index (κ1) is 23.2. The van der Waals surface area contributed by atoms with Crippen LogP contribution in [0.3, 0.4) is 0 Å². The van der Waals surface area contributed by atoms with Gasteiger partial charge in [0.15, 0.2) is 0 Å². The van der Waals surface area contributed by atoms with E-state index in [2.05, 4.69) is 147 Å². The van der Waals surface area contributed by atoms with Crippen LogP contribution in [0.5, 0.6) is 0 Å². The van der Waals surface area contributed by atoms with E-state index in [-0.39, 0.29) is 0 Å². The van der Waals surface area contributed by atoms with Crippen LogP contribution in [0, 0.1) is 0 Å². The molecule has 4 aromatic rings. The fourth-order valence-corrected chi connectivity index (χ4v) is 3.98. The Balaban J connectivity index is 1.71. The molecule has 0 saturated carbocycles. The van der Waals surface area contributed by atoms with E-state index in [1.165, 1.54) is 38.9 Å². The topological polar surface area (TPSA) is 18.5 Å². The zero-order chi connectivity index (χ0) is 23.9. The average Bonchev–Trinajstić information content (AvgIpc) is 2.86. The highest BCUT2D eigenvalue weighted by Crippen LogP contribution is 2.25. The molecule has 3 nitrogen and oxygen atoms in total. The predicted molar refractivity (Wildman–Crippen MR) is 147 cm³/mol. The molecule has 0 aromatic heterocycles. The number of nitrogens with zero attached hydrogens (tertiary/aromatic N) is 2. The van der Waals surface area contributed by atoms with Gasteiger partial charge in [0.1, 0.15) is 0 Å². The van der Waals surface area contributed by atoms with Crippen LogP contribution >= 0.6 is 0 Å². The van der Waals surface area contributed by atoms with Gasteiger partial charge in [-0.3, -0.25) is 0 Å². The molecule has 0 fully saturated rings. The smallest absolute Gasteiger partial charge is 0.0395 e. The van der Waals surface area contributed by atoms with Crippen molar-refractivity contribution in [2.24, 2.45) is 0 Å². The van der Waals surface area contributed by atoms with Gasteiger partial charge in [0.2, 0.25) is 0 Å². The number of benzene rings is 4. The van der Waals surface area contributed by atoms with Crippen molar-refractivity contribution in [3.05, 3.63) is 130 Å². The SMILES string of the molecule is CN(C)c1ccc(C(c2ccc(N(C)C)cc2)=c2ccc(=CNCc3ccccc3)cc2)cc1.